The Morgan fingerprint density at radius 2 is 1.71 bits per heavy atom. The minimum Gasteiger partial charge on any atom is -0.340 e. The lowest BCUT2D eigenvalue weighted by atomic mass is 9.43. The molecule has 4 aliphatic rings. The summed E-state index contributed by atoms with van der Waals surface area (Å²) in [5.41, 5.74) is -0.107. The van der Waals surface area contributed by atoms with Gasteiger partial charge in [0, 0.05) is 36.4 Å². The summed E-state index contributed by atoms with van der Waals surface area (Å²) in [7, 11) is 2.13. The van der Waals surface area contributed by atoms with E-state index in [0.29, 0.717) is 5.91 Å². The zero-order valence-corrected chi connectivity index (χ0v) is 17.6. The molecule has 1 aliphatic heterocycles. The first-order chi connectivity index (χ1) is 9.71. The summed E-state index contributed by atoms with van der Waals surface area (Å²) in [5.74, 6) is 0.372. The summed E-state index contributed by atoms with van der Waals surface area (Å²) in [6, 6.07) is 0. The normalized spacial score (nSPS) is 42.2. The SMILES string of the molecule is CN1CCN(C(=O)[C@]23CC[C@](C(Br)Br)([C@@H]2Br)C3(C)C)CC1. The third-order valence-corrected chi connectivity index (χ3v) is 9.89. The van der Waals surface area contributed by atoms with Gasteiger partial charge in [-0.15, -0.1) is 0 Å². The molecule has 2 bridgehead atoms. The van der Waals surface area contributed by atoms with Crippen molar-refractivity contribution >= 4 is 53.7 Å². The van der Waals surface area contributed by atoms with Gasteiger partial charge in [0.25, 0.3) is 0 Å². The molecular formula is C15H23Br3N2O. The number of fused-ring (bicyclic) bond motifs is 1. The fraction of sp³-hybridized carbons (Fsp3) is 0.933. The van der Waals surface area contributed by atoms with Gasteiger partial charge in [0.05, 0.1) is 9.15 Å². The van der Waals surface area contributed by atoms with E-state index >= 15 is 0 Å². The number of halogens is 3. The molecule has 1 heterocycles. The first kappa shape index (κ1) is 16.7. The topological polar surface area (TPSA) is 23.6 Å². The van der Waals surface area contributed by atoms with E-state index in [2.05, 4.69) is 78.5 Å². The summed E-state index contributed by atoms with van der Waals surface area (Å²) in [5, 5.41) is 0. The average molecular weight is 487 g/mol. The highest BCUT2D eigenvalue weighted by Crippen LogP contribution is 2.82. The maximum absolute atomic E-state index is 13.3. The van der Waals surface area contributed by atoms with E-state index in [0.717, 1.165) is 39.0 Å². The van der Waals surface area contributed by atoms with Gasteiger partial charge in [0.1, 0.15) is 0 Å². The first-order valence-corrected chi connectivity index (χ1v) is 10.4. The lowest BCUT2D eigenvalue weighted by molar-refractivity contribution is -0.174. The van der Waals surface area contributed by atoms with Crippen LogP contribution in [0, 0.1) is 16.2 Å². The largest absolute Gasteiger partial charge is 0.340 e. The quantitative estimate of drug-likeness (QED) is 0.558. The number of nitrogens with zero attached hydrogens (tertiary/aromatic N) is 2. The molecule has 1 saturated heterocycles. The smallest absolute Gasteiger partial charge is 0.230 e. The molecule has 0 N–H and O–H groups in total. The molecule has 6 heteroatoms. The van der Waals surface area contributed by atoms with Gasteiger partial charge in [0.15, 0.2) is 0 Å². The highest BCUT2D eigenvalue weighted by Gasteiger charge is 2.83. The van der Waals surface area contributed by atoms with Crippen LogP contribution < -0.4 is 0 Å². The van der Waals surface area contributed by atoms with E-state index in [1.807, 2.05) is 0 Å². The number of piperazine rings is 1. The second-order valence-electron chi connectivity index (χ2n) is 7.40. The fourth-order valence-corrected chi connectivity index (χ4v) is 9.86. The van der Waals surface area contributed by atoms with Crippen LogP contribution in [0.4, 0.5) is 0 Å². The maximum atomic E-state index is 13.3. The van der Waals surface area contributed by atoms with E-state index in [-0.39, 0.29) is 24.8 Å². The number of carbonyl (C=O) groups is 1. The van der Waals surface area contributed by atoms with Crippen LogP contribution in [-0.2, 0) is 4.79 Å². The van der Waals surface area contributed by atoms with Crippen LogP contribution in [0.15, 0.2) is 0 Å². The van der Waals surface area contributed by atoms with E-state index < -0.39 is 0 Å². The molecule has 0 aromatic rings. The Kier molecular flexibility index (Phi) is 4.13. The summed E-state index contributed by atoms with van der Waals surface area (Å²) in [6.07, 6.45) is 2.09. The number of carbonyl (C=O) groups excluding carboxylic acids is 1. The van der Waals surface area contributed by atoms with E-state index in [1.54, 1.807) is 0 Å². The molecule has 3 aliphatic carbocycles. The molecule has 0 spiro atoms. The Balaban J connectivity index is 1.88. The Bertz CT molecular complexity index is 462. The molecule has 21 heavy (non-hydrogen) atoms. The summed E-state index contributed by atoms with van der Waals surface area (Å²) < 4.78 is 0.243. The highest BCUT2D eigenvalue weighted by molar-refractivity contribution is 9.24. The number of rotatable bonds is 2. The van der Waals surface area contributed by atoms with Crippen LogP contribution in [0.3, 0.4) is 0 Å². The van der Waals surface area contributed by atoms with E-state index in [1.165, 1.54) is 0 Å². The summed E-state index contributed by atoms with van der Waals surface area (Å²) in [4.78, 5) is 18.0. The zero-order valence-electron chi connectivity index (χ0n) is 12.8. The van der Waals surface area contributed by atoms with Gasteiger partial charge in [-0.3, -0.25) is 4.79 Å². The molecule has 1 amide bonds. The Morgan fingerprint density at radius 3 is 2.14 bits per heavy atom. The van der Waals surface area contributed by atoms with Gasteiger partial charge in [-0.2, -0.15) is 0 Å². The van der Waals surface area contributed by atoms with Gasteiger partial charge in [-0.05, 0) is 25.3 Å². The predicted molar refractivity (Wildman–Crippen MR) is 96.3 cm³/mol. The molecule has 120 valence electrons. The number of hydrogen-bond acceptors (Lipinski definition) is 2. The van der Waals surface area contributed by atoms with Gasteiger partial charge in [-0.1, -0.05) is 61.6 Å². The maximum Gasteiger partial charge on any atom is 0.230 e. The van der Waals surface area contributed by atoms with Gasteiger partial charge in [0.2, 0.25) is 5.91 Å². The molecule has 0 unspecified atom stereocenters. The number of amides is 1. The lowest BCUT2D eigenvalue weighted by Gasteiger charge is -2.66. The fourth-order valence-electron chi connectivity index (χ4n) is 4.96. The number of alkyl halides is 3. The zero-order chi connectivity index (χ0) is 15.6. The van der Waals surface area contributed by atoms with Crippen molar-refractivity contribution in [3.8, 4) is 0 Å². The Labute approximate surface area is 152 Å². The van der Waals surface area contributed by atoms with Crippen molar-refractivity contribution < 1.29 is 4.79 Å². The number of likely N-dealkylation sites (N-methyl/N-ethyl adjacent to an activating group) is 1. The standard InChI is InChI=1S/C15H23Br3N2O/c1-13(2)14(11(17)18)4-5-15(13,10(14)16)12(21)20-8-6-19(3)7-9-20/h10-11H,4-9H2,1-3H3/t10-,14+,15-/m0/s1. The molecule has 0 radical (unpaired) electrons. The lowest BCUT2D eigenvalue weighted by Crippen LogP contribution is -2.72. The molecule has 0 aromatic carbocycles. The van der Waals surface area contributed by atoms with E-state index in [9.17, 15) is 4.79 Å². The molecule has 0 aromatic heterocycles. The van der Waals surface area contributed by atoms with Crippen LogP contribution in [0.1, 0.15) is 26.7 Å². The first-order valence-electron chi connectivity index (χ1n) is 7.62. The predicted octanol–water partition coefficient (Wildman–Crippen LogP) is 3.45. The molecule has 4 rings (SSSR count). The van der Waals surface area contributed by atoms with Crippen LogP contribution in [0.25, 0.3) is 0 Å². The second-order valence-corrected chi connectivity index (χ2v) is 11.4. The third-order valence-electron chi connectivity index (χ3n) is 6.66. The van der Waals surface area contributed by atoms with Crippen molar-refractivity contribution in [3.63, 3.8) is 0 Å². The van der Waals surface area contributed by atoms with E-state index in [4.69, 9.17) is 0 Å². The molecule has 3 nitrogen and oxygen atoms in total. The average Bonchev–Trinajstić information content (AvgIpc) is 2.88. The van der Waals surface area contributed by atoms with Crippen molar-refractivity contribution in [1.29, 1.82) is 0 Å². The van der Waals surface area contributed by atoms with Crippen molar-refractivity contribution in [3.05, 3.63) is 0 Å². The number of hydrogen-bond donors (Lipinski definition) is 0. The van der Waals surface area contributed by atoms with Crippen molar-refractivity contribution in [2.45, 2.75) is 35.3 Å². The van der Waals surface area contributed by atoms with Crippen LogP contribution >= 0.6 is 47.8 Å². The Morgan fingerprint density at radius 1 is 1.14 bits per heavy atom. The molecule has 3 atom stereocenters. The highest BCUT2D eigenvalue weighted by atomic mass is 79.9. The minimum atomic E-state index is -0.233. The Hall–Kier alpha value is 0.870. The van der Waals surface area contributed by atoms with Crippen LogP contribution in [0.5, 0.6) is 0 Å². The molecule has 3 saturated carbocycles. The van der Waals surface area contributed by atoms with Gasteiger partial charge < -0.3 is 9.80 Å². The van der Waals surface area contributed by atoms with Gasteiger partial charge >= 0.3 is 0 Å². The monoisotopic (exact) mass is 484 g/mol. The van der Waals surface area contributed by atoms with Crippen molar-refractivity contribution in [2.75, 3.05) is 33.2 Å². The van der Waals surface area contributed by atoms with Crippen LogP contribution in [-0.4, -0.2) is 57.5 Å². The summed E-state index contributed by atoms with van der Waals surface area (Å²) >= 11 is 11.4. The second kappa shape index (κ2) is 5.18. The van der Waals surface area contributed by atoms with Crippen LogP contribution in [0.2, 0.25) is 0 Å². The molecule has 4 fully saturated rings. The third kappa shape index (κ3) is 1.82. The minimum absolute atomic E-state index is 0.00622. The summed E-state index contributed by atoms with van der Waals surface area (Å²) in [6.45, 7) is 8.26. The van der Waals surface area contributed by atoms with Crippen molar-refractivity contribution in [2.24, 2.45) is 16.2 Å². The van der Waals surface area contributed by atoms with Gasteiger partial charge in [-0.25, -0.2) is 0 Å². The molecular weight excluding hydrogens is 464 g/mol. The van der Waals surface area contributed by atoms with Crippen molar-refractivity contribution in [1.82, 2.24) is 9.80 Å².